The van der Waals surface area contributed by atoms with E-state index in [-0.39, 0.29) is 18.7 Å². The molecule has 1 saturated heterocycles. The van der Waals surface area contributed by atoms with Crippen molar-refractivity contribution >= 4 is 29.6 Å². The number of para-hydroxylation sites is 1. The number of methoxy groups -OCH3 is 2. The molecular weight excluding hydrogens is 400 g/mol. The molecule has 0 aromatic heterocycles. The smallest absolute Gasteiger partial charge is 0.338 e. The summed E-state index contributed by atoms with van der Waals surface area (Å²) in [6.45, 7) is 2.50. The number of anilines is 1. The van der Waals surface area contributed by atoms with Crippen LogP contribution in [-0.2, 0) is 14.3 Å². The highest BCUT2D eigenvalue weighted by Crippen LogP contribution is 2.30. The lowest BCUT2D eigenvalue weighted by molar-refractivity contribution is -0.129. The molecule has 1 fully saturated rings. The van der Waals surface area contributed by atoms with Gasteiger partial charge in [0.15, 0.2) is 11.5 Å². The zero-order chi connectivity index (χ0) is 22.4. The summed E-state index contributed by atoms with van der Waals surface area (Å²) in [5.74, 6) is -0.342. The van der Waals surface area contributed by atoms with E-state index >= 15 is 0 Å². The average molecular weight is 424 g/mol. The molecule has 0 N–H and O–H groups in total. The van der Waals surface area contributed by atoms with Crippen LogP contribution in [0.1, 0.15) is 12.5 Å². The first-order chi connectivity index (χ1) is 15.0. The summed E-state index contributed by atoms with van der Waals surface area (Å²) in [6, 6.07) is 12.9. The first kappa shape index (κ1) is 22.0. The summed E-state index contributed by atoms with van der Waals surface area (Å²) in [6.07, 6.45) is 1.45. The number of carbonyl (C=O) groups excluding carboxylic acids is 3. The minimum absolute atomic E-state index is 0.0225. The van der Waals surface area contributed by atoms with E-state index in [2.05, 4.69) is 0 Å². The van der Waals surface area contributed by atoms with Crippen molar-refractivity contribution in [1.29, 1.82) is 0 Å². The molecule has 0 radical (unpaired) electrons. The van der Waals surface area contributed by atoms with Crippen LogP contribution in [0.4, 0.5) is 10.5 Å². The third-order valence-corrected chi connectivity index (χ3v) is 4.66. The minimum Gasteiger partial charge on any atom is -0.493 e. The fraction of sp³-hybridized carbons (Fsp3) is 0.261. The van der Waals surface area contributed by atoms with Crippen molar-refractivity contribution in [2.75, 3.05) is 38.9 Å². The molecule has 31 heavy (non-hydrogen) atoms. The summed E-state index contributed by atoms with van der Waals surface area (Å²) in [7, 11) is 2.98. The fourth-order valence-electron chi connectivity index (χ4n) is 3.18. The van der Waals surface area contributed by atoms with E-state index in [4.69, 9.17) is 14.2 Å². The quantitative estimate of drug-likeness (QED) is 0.478. The molecule has 2 aromatic rings. The zero-order valence-corrected chi connectivity index (χ0v) is 17.7. The molecule has 162 valence electrons. The van der Waals surface area contributed by atoms with Gasteiger partial charge < -0.3 is 14.2 Å². The van der Waals surface area contributed by atoms with Crippen molar-refractivity contribution in [3.8, 4) is 11.5 Å². The summed E-state index contributed by atoms with van der Waals surface area (Å²) in [4.78, 5) is 41.2. The van der Waals surface area contributed by atoms with E-state index in [9.17, 15) is 14.4 Å². The van der Waals surface area contributed by atoms with Crippen LogP contribution in [0.3, 0.4) is 0 Å². The van der Waals surface area contributed by atoms with Crippen molar-refractivity contribution < 1.29 is 28.6 Å². The average Bonchev–Trinajstić information content (AvgIpc) is 2.78. The Balaban J connectivity index is 2.05. The van der Waals surface area contributed by atoms with Crippen LogP contribution in [0.2, 0.25) is 0 Å². The number of hydrogen-bond donors (Lipinski definition) is 0. The van der Waals surface area contributed by atoms with Crippen molar-refractivity contribution in [2.24, 2.45) is 0 Å². The zero-order valence-electron chi connectivity index (χ0n) is 17.7. The van der Waals surface area contributed by atoms with Crippen molar-refractivity contribution in [2.45, 2.75) is 6.92 Å². The van der Waals surface area contributed by atoms with E-state index in [0.717, 1.165) is 9.80 Å². The van der Waals surface area contributed by atoms with Gasteiger partial charge in [-0.15, -0.1) is 0 Å². The normalized spacial score (nSPS) is 15.6. The molecular formula is C23H24N2O6. The number of carbonyl (C=O) groups is 3. The SMILES string of the molecule is CCOc1ccc(/C=C2/C(=O)N(CCOC)C(=O)N(c3ccccc3)C2=O)cc1OC. The maximum Gasteiger partial charge on any atom is 0.338 e. The lowest BCUT2D eigenvalue weighted by Gasteiger charge is -2.33. The number of benzene rings is 2. The van der Waals surface area contributed by atoms with Gasteiger partial charge in [0, 0.05) is 7.11 Å². The fourth-order valence-corrected chi connectivity index (χ4v) is 3.18. The Bertz CT molecular complexity index is 1000. The second kappa shape index (κ2) is 9.90. The van der Waals surface area contributed by atoms with E-state index in [1.54, 1.807) is 48.5 Å². The van der Waals surface area contributed by atoms with Crippen LogP contribution in [0.5, 0.6) is 11.5 Å². The van der Waals surface area contributed by atoms with Gasteiger partial charge in [0.05, 0.1) is 32.6 Å². The topological polar surface area (TPSA) is 85.4 Å². The van der Waals surface area contributed by atoms with Crippen molar-refractivity contribution in [3.05, 3.63) is 59.7 Å². The molecule has 1 aliphatic heterocycles. The molecule has 0 bridgehead atoms. The van der Waals surface area contributed by atoms with Gasteiger partial charge in [-0.1, -0.05) is 24.3 Å². The number of hydrogen-bond acceptors (Lipinski definition) is 6. The largest absolute Gasteiger partial charge is 0.493 e. The summed E-state index contributed by atoms with van der Waals surface area (Å²) >= 11 is 0. The summed E-state index contributed by atoms with van der Waals surface area (Å²) in [5, 5.41) is 0. The highest BCUT2D eigenvalue weighted by molar-refractivity contribution is 6.39. The molecule has 4 amide bonds. The first-order valence-electron chi connectivity index (χ1n) is 9.78. The second-order valence-electron chi connectivity index (χ2n) is 6.61. The maximum atomic E-state index is 13.2. The second-order valence-corrected chi connectivity index (χ2v) is 6.61. The standard InChI is InChI=1S/C23H24N2O6/c1-4-31-19-11-10-16(15-20(19)30-3)14-18-21(26)24(12-13-29-2)23(28)25(22(18)27)17-8-6-5-7-9-17/h5-11,14-15H,4,12-13H2,1-3H3/b18-14-. The van der Waals surface area contributed by atoms with Gasteiger partial charge in [0.2, 0.25) is 0 Å². The first-order valence-corrected chi connectivity index (χ1v) is 9.78. The lowest BCUT2D eigenvalue weighted by atomic mass is 10.0. The molecule has 8 heteroatoms. The highest BCUT2D eigenvalue weighted by Gasteiger charge is 2.42. The summed E-state index contributed by atoms with van der Waals surface area (Å²) < 4.78 is 15.9. The predicted octanol–water partition coefficient (Wildman–Crippen LogP) is 3.12. The molecule has 8 nitrogen and oxygen atoms in total. The number of imide groups is 2. The molecule has 2 aromatic carbocycles. The third kappa shape index (κ3) is 4.59. The van der Waals surface area contributed by atoms with Crippen LogP contribution < -0.4 is 14.4 Å². The number of rotatable bonds is 8. The molecule has 0 saturated carbocycles. The van der Waals surface area contributed by atoms with Gasteiger partial charge in [0.25, 0.3) is 11.8 Å². The van der Waals surface area contributed by atoms with Gasteiger partial charge >= 0.3 is 6.03 Å². The molecule has 0 unspecified atom stereocenters. The van der Waals surface area contributed by atoms with Crippen LogP contribution in [-0.4, -0.2) is 56.7 Å². The Morgan fingerprint density at radius 1 is 0.935 bits per heavy atom. The van der Waals surface area contributed by atoms with E-state index in [1.165, 1.54) is 20.3 Å². The molecule has 3 rings (SSSR count). The number of urea groups is 1. The van der Waals surface area contributed by atoms with Crippen molar-refractivity contribution in [3.63, 3.8) is 0 Å². The van der Waals surface area contributed by atoms with Crippen LogP contribution >= 0.6 is 0 Å². The Kier molecular flexibility index (Phi) is 7.04. The number of barbiturate groups is 1. The molecule has 0 aliphatic carbocycles. The Morgan fingerprint density at radius 3 is 2.32 bits per heavy atom. The van der Waals surface area contributed by atoms with E-state index in [0.29, 0.717) is 29.4 Å². The monoisotopic (exact) mass is 424 g/mol. The van der Waals surface area contributed by atoms with Crippen LogP contribution in [0, 0.1) is 0 Å². The number of ether oxygens (including phenoxy) is 3. The minimum atomic E-state index is -0.709. The van der Waals surface area contributed by atoms with Gasteiger partial charge in [0.1, 0.15) is 5.57 Å². The van der Waals surface area contributed by atoms with Gasteiger partial charge in [-0.2, -0.15) is 0 Å². The van der Waals surface area contributed by atoms with Gasteiger partial charge in [-0.05, 0) is 42.8 Å². The molecule has 1 aliphatic rings. The van der Waals surface area contributed by atoms with E-state index < -0.39 is 17.8 Å². The molecule has 0 spiro atoms. The maximum absolute atomic E-state index is 13.2. The number of nitrogens with zero attached hydrogens (tertiary/aromatic N) is 2. The Morgan fingerprint density at radius 2 is 1.68 bits per heavy atom. The van der Waals surface area contributed by atoms with Crippen molar-refractivity contribution in [1.82, 2.24) is 4.90 Å². The van der Waals surface area contributed by atoms with Crippen LogP contribution in [0.25, 0.3) is 6.08 Å². The molecule has 1 heterocycles. The third-order valence-electron chi connectivity index (χ3n) is 4.66. The summed E-state index contributed by atoms with van der Waals surface area (Å²) in [5.41, 5.74) is 0.805. The highest BCUT2D eigenvalue weighted by atomic mass is 16.5. The van der Waals surface area contributed by atoms with Gasteiger partial charge in [-0.25, -0.2) is 9.69 Å². The van der Waals surface area contributed by atoms with Gasteiger partial charge in [-0.3, -0.25) is 14.5 Å². The van der Waals surface area contributed by atoms with Crippen LogP contribution in [0.15, 0.2) is 54.1 Å². The number of amides is 4. The lowest BCUT2D eigenvalue weighted by Crippen LogP contribution is -2.57. The predicted molar refractivity (Wildman–Crippen MR) is 115 cm³/mol. The Hall–Kier alpha value is -3.65. The van der Waals surface area contributed by atoms with E-state index in [1.807, 2.05) is 6.92 Å². The molecule has 0 atom stereocenters. The Labute approximate surface area is 180 Å².